The van der Waals surface area contributed by atoms with Gasteiger partial charge in [-0.25, -0.2) is 9.82 Å². The molecule has 1 saturated carbocycles. The summed E-state index contributed by atoms with van der Waals surface area (Å²) in [5.41, 5.74) is 5.13. The Morgan fingerprint density at radius 3 is 2.56 bits per heavy atom. The van der Waals surface area contributed by atoms with E-state index in [4.69, 9.17) is 4.74 Å². The molecule has 1 aliphatic carbocycles. The predicted molar refractivity (Wildman–Crippen MR) is 88.7 cm³/mol. The summed E-state index contributed by atoms with van der Waals surface area (Å²) in [6.45, 7) is 5.11. The molecule has 138 valence electrons. The summed E-state index contributed by atoms with van der Waals surface area (Å²) in [5, 5.41) is 21.4. The van der Waals surface area contributed by atoms with E-state index < -0.39 is 29.6 Å². The Bertz CT molecular complexity index is 634. The minimum absolute atomic E-state index is 0.219. The van der Waals surface area contributed by atoms with Crippen LogP contribution in [-0.2, 0) is 9.53 Å². The molecule has 2 aliphatic rings. The Labute approximate surface area is 146 Å². The number of esters is 1. The first-order chi connectivity index (χ1) is 11.7. The SMILES string of the molecule is CC(C)OC(=O)C1C(c2ccc(F)cc2)C2C(O)NNC2CC1(C)O. The van der Waals surface area contributed by atoms with Crippen LogP contribution in [0.2, 0.25) is 0 Å². The van der Waals surface area contributed by atoms with E-state index in [1.165, 1.54) is 12.1 Å². The lowest BCUT2D eigenvalue weighted by molar-refractivity contribution is -0.171. The monoisotopic (exact) mass is 352 g/mol. The number of carbonyl (C=O) groups is 1. The van der Waals surface area contributed by atoms with E-state index >= 15 is 0 Å². The third-order valence-corrected chi connectivity index (χ3v) is 5.18. The molecule has 4 N–H and O–H groups in total. The molecule has 2 fully saturated rings. The molecule has 6 nitrogen and oxygen atoms in total. The van der Waals surface area contributed by atoms with Crippen LogP contribution in [0.1, 0.15) is 38.7 Å². The number of aliphatic hydroxyl groups excluding tert-OH is 1. The van der Waals surface area contributed by atoms with E-state index in [1.807, 2.05) is 0 Å². The number of hydrogen-bond acceptors (Lipinski definition) is 6. The van der Waals surface area contributed by atoms with E-state index in [1.54, 1.807) is 32.9 Å². The molecular formula is C18H25FN2O4. The third kappa shape index (κ3) is 3.42. The minimum Gasteiger partial charge on any atom is -0.463 e. The Kier molecular flexibility index (Phi) is 4.85. The van der Waals surface area contributed by atoms with Gasteiger partial charge in [-0.2, -0.15) is 0 Å². The lowest BCUT2D eigenvalue weighted by Gasteiger charge is -2.47. The van der Waals surface area contributed by atoms with E-state index in [2.05, 4.69) is 10.9 Å². The molecule has 1 aromatic carbocycles. The number of halogens is 1. The summed E-state index contributed by atoms with van der Waals surface area (Å²) < 4.78 is 18.8. The summed E-state index contributed by atoms with van der Waals surface area (Å²) >= 11 is 0. The van der Waals surface area contributed by atoms with Gasteiger partial charge in [0.2, 0.25) is 0 Å². The van der Waals surface area contributed by atoms with Gasteiger partial charge in [-0.1, -0.05) is 12.1 Å². The van der Waals surface area contributed by atoms with Crippen LogP contribution in [0.25, 0.3) is 0 Å². The summed E-state index contributed by atoms with van der Waals surface area (Å²) in [7, 11) is 0. The van der Waals surface area contributed by atoms with Crippen LogP contribution in [0, 0.1) is 17.7 Å². The lowest BCUT2D eigenvalue weighted by atomic mass is 9.60. The molecule has 0 amide bonds. The molecule has 7 heteroatoms. The fraction of sp³-hybridized carbons (Fsp3) is 0.611. The number of ether oxygens (including phenoxy) is 1. The van der Waals surface area contributed by atoms with Crippen molar-refractivity contribution in [2.45, 2.75) is 57.1 Å². The second-order valence-electron chi connectivity index (χ2n) is 7.52. The normalized spacial score (nSPS) is 37.8. The molecule has 0 aromatic heterocycles. The summed E-state index contributed by atoms with van der Waals surface area (Å²) in [4.78, 5) is 12.8. The number of fused-ring (bicyclic) bond motifs is 1. The maximum absolute atomic E-state index is 13.4. The Hall–Kier alpha value is -1.54. The number of hydrogen-bond donors (Lipinski definition) is 4. The van der Waals surface area contributed by atoms with Crippen LogP contribution in [0.3, 0.4) is 0 Å². The lowest BCUT2D eigenvalue weighted by Crippen LogP contribution is -2.56. The Balaban J connectivity index is 2.06. The van der Waals surface area contributed by atoms with Crippen molar-refractivity contribution in [2.75, 3.05) is 0 Å². The maximum Gasteiger partial charge on any atom is 0.312 e. The Morgan fingerprint density at radius 1 is 1.32 bits per heavy atom. The molecule has 6 unspecified atom stereocenters. The number of hydrazine groups is 1. The highest BCUT2D eigenvalue weighted by Gasteiger charge is 2.58. The van der Waals surface area contributed by atoms with Crippen molar-refractivity contribution in [2.24, 2.45) is 11.8 Å². The largest absolute Gasteiger partial charge is 0.463 e. The first kappa shape index (κ1) is 18.3. The van der Waals surface area contributed by atoms with Gasteiger partial charge >= 0.3 is 5.97 Å². The highest BCUT2D eigenvalue weighted by Crippen LogP contribution is 2.49. The van der Waals surface area contributed by atoms with Gasteiger partial charge in [0.15, 0.2) is 0 Å². The van der Waals surface area contributed by atoms with Crippen molar-refractivity contribution in [3.8, 4) is 0 Å². The first-order valence-corrected chi connectivity index (χ1v) is 8.58. The Morgan fingerprint density at radius 2 is 1.96 bits per heavy atom. The van der Waals surface area contributed by atoms with E-state index in [9.17, 15) is 19.4 Å². The smallest absolute Gasteiger partial charge is 0.312 e. The zero-order chi connectivity index (χ0) is 18.4. The van der Waals surface area contributed by atoms with E-state index in [0.717, 1.165) is 0 Å². The van der Waals surface area contributed by atoms with Crippen LogP contribution < -0.4 is 10.9 Å². The number of nitrogens with one attached hydrogen (secondary N) is 2. The highest BCUT2D eigenvalue weighted by molar-refractivity contribution is 5.76. The molecule has 1 aliphatic heterocycles. The number of rotatable bonds is 3. The third-order valence-electron chi connectivity index (χ3n) is 5.18. The van der Waals surface area contributed by atoms with Crippen molar-refractivity contribution in [3.63, 3.8) is 0 Å². The van der Waals surface area contributed by atoms with Crippen LogP contribution in [0.5, 0.6) is 0 Å². The van der Waals surface area contributed by atoms with Crippen LogP contribution in [0.4, 0.5) is 4.39 Å². The minimum atomic E-state index is -1.33. The van der Waals surface area contributed by atoms with Crippen LogP contribution >= 0.6 is 0 Å². The second kappa shape index (κ2) is 6.64. The average molecular weight is 352 g/mol. The molecular weight excluding hydrogens is 327 g/mol. The van der Waals surface area contributed by atoms with Gasteiger partial charge in [0.25, 0.3) is 0 Å². The molecule has 3 rings (SSSR count). The average Bonchev–Trinajstić information content (AvgIpc) is 2.85. The molecule has 1 aromatic rings. The summed E-state index contributed by atoms with van der Waals surface area (Å²) in [6.07, 6.45) is -0.915. The zero-order valence-electron chi connectivity index (χ0n) is 14.6. The van der Waals surface area contributed by atoms with Gasteiger partial charge in [-0.05, 0) is 44.9 Å². The van der Waals surface area contributed by atoms with E-state index in [-0.39, 0.29) is 30.3 Å². The van der Waals surface area contributed by atoms with Gasteiger partial charge in [0, 0.05) is 17.9 Å². The van der Waals surface area contributed by atoms with Gasteiger partial charge in [0.1, 0.15) is 12.0 Å². The van der Waals surface area contributed by atoms with Gasteiger partial charge in [-0.15, -0.1) is 0 Å². The van der Waals surface area contributed by atoms with Crippen molar-refractivity contribution in [1.82, 2.24) is 10.9 Å². The van der Waals surface area contributed by atoms with Crippen molar-refractivity contribution in [1.29, 1.82) is 0 Å². The van der Waals surface area contributed by atoms with E-state index in [0.29, 0.717) is 5.56 Å². The van der Waals surface area contributed by atoms with Crippen molar-refractivity contribution in [3.05, 3.63) is 35.6 Å². The van der Waals surface area contributed by atoms with Gasteiger partial charge < -0.3 is 14.9 Å². The number of benzene rings is 1. The molecule has 6 atom stereocenters. The van der Waals surface area contributed by atoms with Crippen LogP contribution in [0.15, 0.2) is 24.3 Å². The van der Waals surface area contributed by atoms with Crippen molar-refractivity contribution >= 4 is 5.97 Å². The molecule has 0 bridgehead atoms. The van der Waals surface area contributed by atoms with Gasteiger partial charge in [0.05, 0.1) is 17.6 Å². The quantitative estimate of drug-likeness (QED) is 0.608. The predicted octanol–water partition coefficient (Wildman–Crippen LogP) is 1.04. The first-order valence-electron chi connectivity index (χ1n) is 8.58. The highest BCUT2D eigenvalue weighted by atomic mass is 19.1. The standard InChI is InChI=1S/C18H25FN2O4/c1-9(2)25-17(23)15-13(10-4-6-11(19)7-5-10)14-12(8-18(15,3)24)20-21-16(14)22/h4-7,9,12-16,20-22,24H,8H2,1-3H3. The fourth-order valence-corrected chi connectivity index (χ4v) is 4.23. The topological polar surface area (TPSA) is 90.8 Å². The maximum atomic E-state index is 13.4. The second-order valence-corrected chi connectivity index (χ2v) is 7.52. The summed E-state index contributed by atoms with van der Waals surface area (Å²) in [5.74, 6) is -2.62. The summed E-state index contributed by atoms with van der Waals surface area (Å²) in [6, 6.07) is 5.61. The van der Waals surface area contributed by atoms with Gasteiger partial charge in [-0.3, -0.25) is 10.2 Å². The molecule has 1 heterocycles. The molecule has 25 heavy (non-hydrogen) atoms. The molecule has 0 spiro atoms. The van der Waals surface area contributed by atoms with Crippen LogP contribution in [-0.4, -0.2) is 40.2 Å². The molecule has 0 radical (unpaired) electrons. The number of aliphatic hydroxyl groups is 2. The zero-order valence-corrected chi connectivity index (χ0v) is 14.6. The molecule has 1 saturated heterocycles. The fourth-order valence-electron chi connectivity index (χ4n) is 4.23. The number of carbonyl (C=O) groups excluding carboxylic acids is 1. The van der Waals surface area contributed by atoms with Crippen molar-refractivity contribution < 1.29 is 24.1 Å².